The van der Waals surface area contributed by atoms with Crippen molar-refractivity contribution in [2.24, 2.45) is 0 Å². The Morgan fingerprint density at radius 1 is 1.08 bits per heavy atom. The lowest BCUT2D eigenvalue weighted by Gasteiger charge is -2.16. The maximum atomic E-state index is 5.74. The molecular weight excluding hydrogens is 332 g/mol. The van der Waals surface area contributed by atoms with E-state index in [-0.39, 0.29) is 6.10 Å². The van der Waals surface area contributed by atoms with E-state index in [9.17, 15) is 0 Å². The maximum Gasteiger partial charge on any atom is 0.171 e. The van der Waals surface area contributed by atoms with Gasteiger partial charge < -0.3 is 20.1 Å². The summed E-state index contributed by atoms with van der Waals surface area (Å²) in [7, 11) is 1.65. The number of nitrogens with one attached hydrogen (secondary N) is 2. The van der Waals surface area contributed by atoms with E-state index in [4.69, 9.17) is 21.7 Å². The summed E-state index contributed by atoms with van der Waals surface area (Å²) in [6, 6.07) is 12.2. The molecule has 0 atom stereocenters. The number of benzene rings is 2. The highest BCUT2D eigenvalue weighted by atomic mass is 32.1. The lowest BCUT2D eigenvalue weighted by atomic mass is 10.1. The third-order valence-corrected chi connectivity index (χ3v) is 3.93. The molecule has 25 heavy (non-hydrogen) atoms. The minimum atomic E-state index is 0.104. The summed E-state index contributed by atoms with van der Waals surface area (Å²) in [5, 5.41) is 7.07. The number of anilines is 1. The predicted octanol–water partition coefficient (Wildman–Crippen LogP) is 4.59. The summed E-state index contributed by atoms with van der Waals surface area (Å²) in [4.78, 5) is 0. The van der Waals surface area contributed by atoms with Gasteiger partial charge in [0.2, 0.25) is 0 Å². The zero-order valence-corrected chi connectivity index (χ0v) is 16.3. The highest BCUT2D eigenvalue weighted by molar-refractivity contribution is 7.80. The van der Waals surface area contributed by atoms with Gasteiger partial charge in [-0.15, -0.1) is 0 Å². The van der Waals surface area contributed by atoms with Crippen LogP contribution in [0.2, 0.25) is 0 Å². The number of ether oxygens (including phenoxy) is 2. The van der Waals surface area contributed by atoms with Crippen molar-refractivity contribution >= 4 is 23.0 Å². The second kappa shape index (κ2) is 8.72. The normalized spacial score (nSPS) is 10.5. The molecule has 0 fully saturated rings. The van der Waals surface area contributed by atoms with Crippen LogP contribution in [-0.4, -0.2) is 18.3 Å². The van der Waals surface area contributed by atoms with Crippen molar-refractivity contribution in [3.05, 3.63) is 53.1 Å². The van der Waals surface area contributed by atoms with Crippen LogP contribution in [0.4, 0.5) is 5.69 Å². The predicted molar refractivity (Wildman–Crippen MR) is 108 cm³/mol. The largest absolute Gasteiger partial charge is 0.493 e. The van der Waals surface area contributed by atoms with Gasteiger partial charge in [0.25, 0.3) is 0 Å². The molecule has 0 aromatic heterocycles. The molecule has 0 saturated heterocycles. The van der Waals surface area contributed by atoms with Gasteiger partial charge in [-0.1, -0.05) is 18.2 Å². The van der Waals surface area contributed by atoms with Crippen LogP contribution in [0.15, 0.2) is 36.4 Å². The van der Waals surface area contributed by atoms with Crippen LogP contribution in [0.25, 0.3) is 0 Å². The zero-order valence-electron chi connectivity index (χ0n) is 15.5. The van der Waals surface area contributed by atoms with Crippen molar-refractivity contribution in [2.75, 3.05) is 12.4 Å². The van der Waals surface area contributed by atoms with Gasteiger partial charge in [0, 0.05) is 12.2 Å². The molecule has 2 N–H and O–H groups in total. The average molecular weight is 359 g/mol. The maximum absolute atomic E-state index is 5.74. The highest BCUT2D eigenvalue weighted by Crippen LogP contribution is 2.29. The Labute approximate surface area is 155 Å². The molecule has 0 spiro atoms. The fourth-order valence-electron chi connectivity index (χ4n) is 2.39. The van der Waals surface area contributed by atoms with Crippen molar-refractivity contribution < 1.29 is 9.47 Å². The first kappa shape index (κ1) is 19.1. The molecule has 2 rings (SSSR count). The number of aryl methyl sites for hydroxylation is 2. The van der Waals surface area contributed by atoms with Crippen LogP contribution >= 0.6 is 12.2 Å². The molecule has 134 valence electrons. The monoisotopic (exact) mass is 358 g/mol. The summed E-state index contributed by atoms with van der Waals surface area (Å²) in [5.41, 5.74) is 4.45. The molecule has 0 aliphatic carbocycles. The summed E-state index contributed by atoms with van der Waals surface area (Å²) < 4.78 is 11.2. The lowest BCUT2D eigenvalue weighted by molar-refractivity contribution is 0.230. The Morgan fingerprint density at radius 2 is 1.84 bits per heavy atom. The number of hydrogen-bond donors (Lipinski definition) is 2. The Balaban J connectivity index is 1.98. The van der Waals surface area contributed by atoms with Crippen molar-refractivity contribution in [1.29, 1.82) is 0 Å². The molecule has 5 heteroatoms. The third kappa shape index (κ3) is 5.64. The smallest absolute Gasteiger partial charge is 0.171 e. The van der Waals surface area contributed by atoms with Crippen molar-refractivity contribution in [1.82, 2.24) is 5.32 Å². The minimum absolute atomic E-state index is 0.104. The highest BCUT2D eigenvalue weighted by Gasteiger charge is 2.08. The van der Waals surface area contributed by atoms with Gasteiger partial charge in [-0.2, -0.15) is 0 Å². The molecule has 0 aliphatic heterocycles. The van der Waals surface area contributed by atoms with Gasteiger partial charge in [-0.3, -0.25) is 0 Å². The Hall–Kier alpha value is -2.27. The van der Waals surface area contributed by atoms with Gasteiger partial charge in [0.15, 0.2) is 16.6 Å². The number of hydrogen-bond acceptors (Lipinski definition) is 3. The van der Waals surface area contributed by atoms with Crippen LogP contribution < -0.4 is 20.1 Å². The first-order chi connectivity index (χ1) is 11.9. The second-order valence-electron chi connectivity index (χ2n) is 6.28. The van der Waals surface area contributed by atoms with Crippen molar-refractivity contribution in [2.45, 2.75) is 40.3 Å². The standard InChI is InChI=1S/C20H26N2O2S/c1-13(2)24-18-9-8-16(11-19(18)23-5)12-21-20(25)22-17-10-14(3)6-7-15(17)4/h6-11,13H,12H2,1-5H3,(H2,21,22,25). The van der Waals surface area contributed by atoms with Gasteiger partial charge in [-0.25, -0.2) is 0 Å². The molecule has 4 nitrogen and oxygen atoms in total. The molecule has 2 aromatic rings. The number of rotatable bonds is 6. The SMILES string of the molecule is COc1cc(CNC(=S)Nc2cc(C)ccc2C)ccc1OC(C)C. The van der Waals surface area contributed by atoms with Crippen LogP contribution in [0.3, 0.4) is 0 Å². The third-order valence-electron chi connectivity index (χ3n) is 3.69. The van der Waals surface area contributed by atoms with Crippen molar-refractivity contribution in [3.63, 3.8) is 0 Å². The lowest BCUT2D eigenvalue weighted by Crippen LogP contribution is -2.28. The average Bonchev–Trinajstić information content (AvgIpc) is 2.56. The van der Waals surface area contributed by atoms with Gasteiger partial charge in [0.05, 0.1) is 13.2 Å². The fraction of sp³-hybridized carbons (Fsp3) is 0.350. The van der Waals surface area contributed by atoms with E-state index < -0.39 is 0 Å². The quantitative estimate of drug-likeness (QED) is 0.740. The van der Waals surface area contributed by atoms with E-state index >= 15 is 0 Å². The molecule has 0 radical (unpaired) electrons. The van der Waals surface area contributed by atoms with Crippen LogP contribution in [0, 0.1) is 13.8 Å². The van der Waals surface area contributed by atoms with Gasteiger partial charge in [0.1, 0.15) is 0 Å². The summed E-state index contributed by atoms with van der Waals surface area (Å²) in [6.45, 7) is 8.71. The summed E-state index contributed by atoms with van der Waals surface area (Å²) >= 11 is 5.40. The fourth-order valence-corrected chi connectivity index (χ4v) is 2.57. The minimum Gasteiger partial charge on any atom is -0.493 e. The second-order valence-corrected chi connectivity index (χ2v) is 6.69. The van der Waals surface area contributed by atoms with Crippen molar-refractivity contribution in [3.8, 4) is 11.5 Å². The Kier molecular flexibility index (Phi) is 6.65. The zero-order chi connectivity index (χ0) is 18.4. The molecule has 0 aliphatic rings. The first-order valence-electron chi connectivity index (χ1n) is 8.34. The van der Waals surface area contributed by atoms with Crippen LogP contribution in [0.1, 0.15) is 30.5 Å². The van der Waals surface area contributed by atoms with E-state index in [0.29, 0.717) is 11.7 Å². The molecule has 0 unspecified atom stereocenters. The molecule has 0 amide bonds. The molecular formula is C20H26N2O2S. The number of methoxy groups -OCH3 is 1. The molecule has 2 aromatic carbocycles. The topological polar surface area (TPSA) is 42.5 Å². The van der Waals surface area contributed by atoms with E-state index in [0.717, 1.165) is 28.3 Å². The van der Waals surface area contributed by atoms with E-state index in [1.165, 1.54) is 5.56 Å². The van der Waals surface area contributed by atoms with Crippen LogP contribution in [-0.2, 0) is 6.54 Å². The van der Waals surface area contributed by atoms with Gasteiger partial charge in [-0.05, 0) is 74.8 Å². The van der Waals surface area contributed by atoms with E-state index in [2.05, 4.69) is 42.7 Å². The first-order valence-corrected chi connectivity index (χ1v) is 8.75. The van der Waals surface area contributed by atoms with E-state index in [1.807, 2.05) is 32.0 Å². The van der Waals surface area contributed by atoms with E-state index in [1.54, 1.807) is 7.11 Å². The molecule has 0 bridgehead atoms. The van der Waals surface area contributed by atoms with Gasteiger partial charge >= 0.3 is 0 Å². The molecule has 0 saturated carbocycles. The Bertz CT molecular complexity index is 744. The van der Waals surface area contributed by atoms with Crippen LogP contribution in [0.5, 0.6) is 11.5 Å². The number of thiocarbonyl (C=S) groups is 1. The molecule has 0 heterocycles. The Morgan fingerprint density at radius 3 is 2.52 bits per heavy atom. The summed E-state index contributed by atoms with van der Waals surface area (Å²) in [6.07, 6.45) is 0.104. The summed E-state index contributed by atoms with van der Waals surface area (Å²) in [5.74, 6) is 1.47.